The van der Waals surface area contributed by atoms with Crippen LogP contribution >= 0.6 is 0 Å². The van der Waals surface area contributed by atoms with Crippen molar-refractivity contribution in [1.82, 2.24) is 9.97 Å². The van der Waals surface area contributed by atoms with Gasteiger partial charge in [0, 0.05) is 11.1 Å². The number of nitrogens with two attached hydrogens (primary N) is 1. The van der Waals surface area contributed by atoms with Gasteiger partial charge in [-0.2, -0.15) is 0 Å². The lowest BCUT2D eigenvalue weighted by Crippen LogP contribution is -2.17. The van der Waals surface area contributed by atoms with E-state index >= 15 is 0 Å². The number of rotatable bonds is 3. The molecule has 1 heterocycles. The van der Waals surface area contributed by atoms with Crippen molar-refractivity contribution in [3.8, 4) is 17.0 Å². The average Bonchev–Trinajstić information content (AvgIpc) is 2.36. The lowest BCUT2D eigenvalue weighted by atomic mass is 10.0. The van der Waals surface area contributed by atoms with Gasteiger partial charge in [-0.05, 0) is 18.6 Å². The zero-order valence-corrected chi connectivity index (χ0v) is 10.6. The molecule has 7 heteroatoms. The Morgan fingerprint density at radius 1 is 1.25 bits per heavy atom. The van der Waals surface area contributed by atoms with Gasteiger partial charge in [0.25, 0.3) is 0 Å². The van der Waals surface area contributed by atoms with Crippen molar-refractivity contribution >= 4 is 5.82 Å². The van der Waals surface area contributed by atoms with Crippen LogP contribution in [0.5, 0.6) is 5.75 Å². The van der Waals surface area contributed by atoms with E-state index in [2.05, 4.69) is 14.7 Å². The standard InChI is InChI=1S/C13H12F3N3O/c1-2-10-11(18-7-19-12(10)17)8-4-3-5-9(6-8)20-13(14,15)16/h3-7H,2H2,1H3,(H2,17,18,19). The summed E-state index contributed by atoms with van der Waals surface area (Å²) in [5.74, 6) is 0.0221. The van der Waals surface area contributed by atoms with E-state index in [1.807, 2.05) is 6.92 Å². The summed E-state index contributed by atoms with van der Waals surface area (Å²) in [4.78, 5) is 7.96. The average molecular weight is 283 g/mol. The van der Waals surface area contributed by atoms with Crippen LogP contribution in [0, 0.1) is 0 Å². The fourth-order valence-corrected chi connectivity index (χ4v) is 1.86. The lowest BCUT2D eigenvalue weighted by molar-refractivity contribution is -0.274. The molecule has 0 unspecified atom stereocenters. The Morgan fingerprint density at radius 2 is 2.00 bits per heavy atom. The topological polar surface area (TPSA) is 61.0 Å². The Morgan fingerprint density at radius 3 is 2.65 bits per heavy atom. The van der Waals surface area contributed by atoms with E-state index < -0.39 is 6.36 Å². The van der Waals surface area contributed by atoms with Crippen LogP contribution in [-0.2, 0) is 6.42 Å². The number of benzene rings is 1. The summed E-state index contributed by atoms with van der Waals surface area (Å²) >= 11 is 0. The van der Waals surface area contributed by atoms with Crippen molar-refractivity contribution in [2.75, 3.05) is 5.73 Å². The maximum Gasteiger partial charge on any atom is 0.573 e. The third kappa shape index (κ3) is 3.17. The summed E-state index contributed by atoms with van der Waals surface area (Å²) in [5.41, 5.74) is 7.44. The van der Waals surface area contributed by atoms with Crippen LogP contribution in [0.2, 0.25) is 0 Å². The summed E-state index contributed by atoms with van der Waals surface area (Å²) in [6.07, 6.45) is -2.87. The van der Waals surface area contributed by atoms with Crippen molar-refractivity contribution in [3.05, 3.63) is 36.2 Å². The number of ether oxygens (including phenoxy) is 1. The number of aromatic nitrogens is 2. The first-order valence-electron chi connectivity index (χ1n) is 5.86. The maximum atomic E-state index is 12.2. The van der Waals surface area contributed by atoms with E-state index in [-0.39, 0.29) is 5.75 Å². The first-order chi connectivity index (χ1) is 9.40. The van der Waals surface area contributed by atoms with Crippen molar-refractivity contribution < 1.29 is 17.9 Å². The van der Waals surface area contributed by atoms with Crippen LogP contribution in [0.1, 0.15) is 12.5 Å². The van der Waals surface area contributed by atoms with Crippen LogP contribution in [0.3, 0.4) is 0 Å². The number of nitrogens with zero attached hydrogens (tertiary/aromatic N) is 2. The summed E-state index contributed by atoms with van der Waals surface area (Å²) in [7, 11) is 0. The van der Waals surface area contributed by atoms with E-state index in [9.17, 15) is 13.2 Å². The van der Waals surface area contributed by atoms with Gasteiger partial charge in [-0.25, -0.2) is 9.97 Å². The van der Waals surface area contributed by atoms with Gasteiger partial charge < -0.3 is 10.5 Å². The molecule has 0 saturated carbocycles. The number of hydrogen-bond acceptors (Lipinski definition) is 4. The maximum absolute atomic E-state index is 12.2. The Labute approximate surface area is 113 Å². The fourth-order valence-electron chi connectivity index (χ4n) is 1.86. The molecule has 0 saturated heterocycles. The first kappa shape index (κ1) is 14.1. The molecule has 0 aliphatic rings. The Hall–Kier alpha value is -2.31. The third-order valence-corrected chi connectivity index (χ3v) is 2.67. The van der Waals surface area contributed by atoms with Gasteiger partial charge in [0.05, 0.1) is 5.69 Å². The Kier molecular flexibility index (Phi) is 3.78. The normalized spacial score (nSPS) is 11.4. The first-order valence-corrected chi connectivity index (χ1v) is 5.86. The van der Waals surface area contributed by atoms with E-state index in [1.54, 1.807) is 6.07 Å². The summed E-state index contributed by atoms with van der Waals surface area (Å²) in [6.45, 7) is 1.87. The van der Waals surface area contributed by atoms with Crippen LogP contribution in [0.15, 0.2) is 30.6 Å². The molecular formula is C13H12F3N3O. The van der Waals surface area contributed by atoms with Crippen molar-refractivity contribution in [1.29, 1.82) is 0 Å². The molecular weight excluding hydrogens is 271 g/mol. The molecule has 0 fully saturated rings. The highest BCUT2D eigenvalue weighted by Crippen LogP contribution is 2.29. The monoisotopic (exact) mass is 283 g/mol. The molecule has 1 aromatic heterocycles. The minimum Gasteiger partial charge on any atom is -0.406 e. The highest BCUT2D eigenvalue weighted by molar-refractivity contribution is 5.68. The number of anilines is 1. The zero-order valence-electron chi connectivity index (χ0n) is 10.6. The summed E-state index contributed by atoms with van der Waals surface area (Å²) in [5, 5.41) is 0. The quantitative estimate of drug-likeness (QED) is 0.939. The molecule has 20 heavy (non-hydrogen) atoms. The molecule has 4 nitrogen and oxygen atoms in total. The molecule has 0 radical (unpaired) electrons. The van der Waals surface area contributed by atoms with Crippen LogP contribution in [-0.4, -0.2) is 16.3 Å². The molecule has 0 amide bonds. The number of nitrogen functional groups attached to an aromatic ring is 1. The van der Waals surface area contributed by atoms with Gasteiger partial charge in [-0.15, -0.1) is 13.2 Å². The highest BCUT2D eigenvalue weighted by atomic mass is 19.4. The van der Waals surface area contributed by atoms with Gasteiger partial charge in [0.15, 0.2) is 0 Å². The number of alkyl halides is 3. The largest absolute Gasteiger partial charge is 0.573 e. The molecule has 0 spiro atoms. The van der Waals surface area contributed by atoms with Crippen LogP contribution < -0.4 is 10.5 Å². The zero-order chi connectivity index (χ0) is 14.8. The molecule has 0 aliphatic carbocycles. The predicted octanol–water partition coefficient (Wildman–Crippen LogP) is 3.19. The minimum atomic E-state index is -4.73. The second-order valence-corrected chi connectivity index (χ2v) is 4.02. The van der Waals surface area contributed by atoms with Crippen LogP contribution in [0.25, 0.3) is 11.3 Å². The van der Waals surface area contributed by atoms with Crippen molar-refractivity contribution in [3.63, 3.8) is 0 Å². The molecule has 1 aromatic carbocycles. The molecule has 0 bridgehead atoms. The SMILES string of the molecule is CCc1c(N)ncnc1-c1cccc(OC(F)(F)F)c1. The number of hydrogen-bond donors (Lipinski definition) is 1. The molecule has 0 aliphatic heterocycles. The molecule has 2 aromatic rings. The van der Waals surface area contributed by atoms with Gasteiger partial charge in [0.1, 0.15) is 17.9 Å². The molecule has 2 N–H and O–H groups in total. The smallest absolute Gasteiger partial charge is 0.406 e. The summed E-state index contributed by atoms with van der Waals surface area (Å²) < 4.78 is 40.5. The van der Waals surface area contributed by atoms with Crippen molar-refractivity contribution in [2.45, 2.75) is 19.7 Å². The second kappa shape index (κ2) is 5.36. The van der Waals surface area contributed by atoms with Gasteiger partial charge in [-0.3, -0.25) is 0 Å². The molecule has 106 valence electrons. The predicted molar refractivity (Wildman–Crippen MR) is 67.9 cm³/mol. The summed E-state index contributed by atoms with van der Waals surface area (Å²) in [6, 6.07) is 5.61. The number of halogens is 3. The van der Waals surface area contributed by atoms with E-state index in [0.29, 0.717) is 29.1 Å². The van der Waals surface area contributed by atoms with Crippen molar-refractivity contribution in [2.24, 2.45) is 0 Å². The van der Waals surface area contributed by atoms with Gasteiger partial charge in [0.2, 0.25) is 0 Å². The minimum absolute atomic E-state index is 0.297. The van der Waals surface area contributed by atoms with E-state index in [4.69, 9.17) is 5.73 Å². The molecule has 0 atom stereocenters. The highest BCUT2D eigenvalue weighted by Gasteiger charge is 2.31. The lowest BCUT2D eigenvalue weighted by Gasteiger charge is -2.12. The fraction of sp³-hybridized carbons (Fsp3) is 0.231. The van der Waals surface area contributed by atoms with Gasteiger partial charge in [-0.1, -0.05) is 19.1 Å². The van der Waals surface area contributed by atoms with E-state index in [1.165, 1.54) is 24.5 Å². The Balaban J connectivity index is 2.44. The van der Waals surface area contributed by atoms with Gasteiger partial charge >= 0.3 is 6.36 Å². The Bertz CT molecular complexity index is 614. The third-order valence-electron chi connectivity index (χ3n) is 2.67. The van der Waals surface area contributed by atoms with E-state index in [0.717, 1.165) is 0 Å². The molecule has 2 rings (SSSR count). The van der Waals surface area contributed by atoms with Crippen LogP contribution in [0.4, 0.5) is 19.0 Å². The second-order valence-electron chi connectivity index (χ2n) is 4.02.